The van der Waals surface area contributed by atoms with Gasteiger partial charge in [0.25, 0.3) is 5.91 Å². The molecule has 2 N–H and O–H groups in total. The van der Waals surface area contributed by atoms with Gasteiger partial charge in [-0.15, -0.1) is 0 Å². The fourth-order valence-corrected chi connectivity index (χ4v) is 2.92. The summed E-state index contributed by atoms with van der Waals surface area (Å²) in [5.41, 5.74) is 1.39. The lowest BCUT2D eigenvalue weighted by molar-refractivity contribution is 0.0225. The standard InChI is InChI=1S/C17H21N3O3/c1-3-14-19-10(2)16(23-14)17(22)20-15(11-8-12(21)9-11)13-6-4-5-7-18-13/h4-7,11-12,15,21H,3,8-9H2,1-2H3,(H,20,22)/t11?,12?,15-/m0/s1. The van der Waals surface area contributed by atoms with Crippen LogP contribution in [0, 0.1) is 12.8 Å². The number of nitrogens with zero attached hydrogens (tertiary/aromatic N) is 2. The molecule has 1 fully saturated rings. The molecule has 0 aromatic carbocycles. The minimum atomic E-state index is -0.290. The molecule has 0 saturated heterocycles. The predicted molar refractivity (Wildman–Crippen MR) is 83.8 cm³/mol. The summed E-state index contributed by atoms with van der Waals surface area (Å²) in [6.45, 7) is 3.69. The van der Waals surface area contributed by atoms with Gasteiger partial charge in [-0.1, -0.05) is 13.0 Å². The van der Waals surface area contributed by atoms with Crippen molar-refractivity contribution in [2.75, 3.05) is 0 Å². The first-order valence-electron chi connectivity index (χ1n) is 7.94. The Morgan fingerprint density at radius 1 is 1.48 bits per heavy atom. The number of carbonyl (C=O) groups is 1. The van der Waals surface area contributed by atoms with E-state index in [2.05, 4.69) is 15.3 Å². The molecule has 1 aliphatic rings. The first-order chi connectivity index (χ1) is 11.1. The second kappa shape index (κ2) is 6.50. The van der Waals surface area contributed by atoms with Gasteiger partial charge in [0.15, 0.2) is 5.89 Å². The number of hydrogen-bond donors (Lipinski definition) is 2. The monoisotopic (exact) mass is 315 g/mol. The van der Waals surface area contributed by atoms with Gasteiger partial charge in [0, 0.05) is 12.6 Å². The number of carbonyl (C=O) groups excluding carboxylic acids is 1. The fourth-order valence-electron chi connectivity index (χ4n) is 2.92. The summed E-state index contributed by atoms with van der Waals surface area (Å²) in [7, 11) is 0. The summed E-state index contributed by atoms with van der Waals surface area (Å²) >= 11 is 0. The molecule has 2 aromatic heterocycles. The van der Waals surface area contributed by atoms with Crippen LogP contribution in [0.25, 0.3) is 0 Å². The van der Waals surface area contributed by atoms with Crippen LogP contribution in [0.3, 0.4) is 0 Å². The zero-order valence-electron chi connectivity index (χ0n) is 13.3. The Morgan fingerprint density at radius 3 is 2.83 bits per heavy atom. The van der Waals surface area contributed by atoms with Gasteiger partial charge < -0.3 is 14.8 Å². The van der Waals surface area contributed by atoms with Crippen molar-refractivity contribution in [1.82, 2.24) is 15.3 Å². The molecule has 1 atom stereocenters. The van der Waals surface area contributed by atoms with Crippen molar-refractivity contribution in [2.24, 2.45) is 5.92 Å². The van der Waals surface area contributed by atoms with Crippen molar-refractivity contribution in [3.05, 3.63) is 47.4 Å². The summed E-state index contributed by atoms with van der Waals surface area (Å²) in [5, 5.41) is 12.6. The molecule has 6 heteroatoms. The first kappa shape index (κ1) is 15.7. The second-order valence-corrected chi connectivity index (χ2v) is 5.97. The van der Waals surface area contributed by atoms with Crippen LogP contribution in [0.1, 0.15) is 53.6 Å². The molecule has 0 unspecified atom stereocenters. The molecule has 23 heavy (non-hydrogen) atoms. The number of nitrogens with one attached hydrogen (secondary N) is 1. The van der Waals surface area contributed by atoms with Gasteiger partial charge in [-0.05, 0) is 37.8 Å². The molecule has 2 heterocycles. The largest absolute Gasteiger partial charge is 0.435 e. The van der Waals surface area contributed by atoms with E-state index in [9.17, 15) is 9.90 Å². The van der Waals surface area contributed by atoms with E-state index in [-0.39, 0.29) is 29.7 Å². The molecular formula is C17H21N3O3. The Balaban J connectivity index is 1.80. The van der Waals surface area contributed by atoms with Gasteiger partial charge in [0.2, 0.25) is 5.76 Å². The SMILES string of the molecule is CCc1nc(C)c(C(=O)N[C@H](c2ccccn2)C2CC(O)C2)o1. The van der Waals surface area contributed by atoms with Gasteiger partial charge in [-0.3, -0.25) is 9.78 Å². The zero-order chi connectivity index (χ0) is 16.4. The van der Waals surface area contributed by atoms with Gasteiger partial charge in [0.05, 0.1) is 23.5 Å². The summed E-state index contributed by atoms with van der Waals surface area (Å²) in [5.74, 6) is 0.702. The first-order valence-corrected chi connectivity index (χ1v) is 7.94. The lowest BCUT2D eigenvalue weighted by Gasteiger charge is -2.37. The molecule has 1 saturated carbocycles. The second-order valence-electron chi connectivity index (χ2n) is 5.97. The highest BCUT2D eigenvalue weighted by molar-refractivity contribution is 5.92. The van der Waals surface area contributed by atoms with Crippen LogP contribution in [0.15, 0.2) is 28.8 Å². The summed E-state index contributed by atoms with van der Waals surface area (Å²) in [6.07, 6.45) is 3.39. The Kier molecular flexibility index (Phi) is 4.43. The number of rotatable bonds is 5. The van der Waals surface area contributed by atoms with E-state index in [0.29, 0.717) is 30.8 Å². The molecule has 6 nitrogen and oxygen atoms in total. The molecule has 122 valence electrons. The minimum Gasteiger partial charge on any atom is -0.435 e. The van der Waals surface area contributed by atoms with E-state index in [1.807, 2.05) is 25.1 Å². The molecule has 0 radical (unpaired) electrons. The van der Waals surface area contributed by atoms with E-state index in [4.69, 9.17) is 4.42 Å². The number of hydrogen-bond acceptors (Lipinski definition) is 5. The highest BCUT2D eigenvalue weighted by atomic mass is 16.4. The number of aliphatic hydroxyl groups excluding tert-OH is 1. The number of aliphatic hydroxyl groups is 1. The van der Waals surface area contributed by atoms with Crippen molar-refractivity contribution in [2.45, 2.75) is 45.3 Å². The van der Waals surface area contributed by atoms with E-state index in [1.54, 1.807) is 13.1 Å². The predicted octanol–water partition coefficient (Wildman–Crippen LogP) is 2.18. The molecule has 0 spiro atoms. The Labute approximate surface area is 135 Å². The average Bonchev–Trinajstić information content (AvgIpc) is 2.92. The lowest BCUT2D eigenvalue weighted by atomic mass is 9.76. The quantitative estimate of drug-likeness (QED) is 0.883. The Hall–Kier alpha value is -2.21. The summed E-state index contributed by atoms with van der Waals surface area (Å²) < 4.78 is 5.52. The normalized spacial score (nSPS) is 21.5. The summed E-state index contributed by atoms with van der Waals surface area (Å²) in [6, 6.07) is 5.39. The highest BCUT2D eigenvalue weighted by Gasteiger charge is 2.37. The maximum absolute atomic E-state index is 12.6. The maximum Gasteiger partial charge on any atom is 0.289 e. The van der Waals surface area contributed by atoms with Gasteiger partial charge >= 0.3 is 0 Å². The lowest BCUT2D eigenvalue weighted by Crippen LogP contribution is -2.41. The molecule has 2 aromatic rings. The van der Waals surface area contributed by atoms with Crippen LogP contribution in [-0.4, -0.2) is 27.1 Å². The topological polar surface area (TPSA) is 88.2 Å². The van der Waals surface area contributed by atoms with Gasteiger partial charge in [-0.25, -0.2) is 4.98 Å². The third-order valence-corrected chi connectivity index (χ3v) is 4.26. The number of oxazole rings is 1. The van der Waals surface area contributed by atoms with Crippen LogP contribution in [0.5, 0.6) is 0 Å². The van der Waals surface area contributed by atoms with Crippen molar-refractivity contribution in [3.8, 4) is 0 Å². The zero-order valence-corrected chi connectivity index (χ0v) is 13.3. The maximum atomic E-state index is 12.6. The van der Waals surface area contributed by atoms with Gasteiger partial charge in [0.1, 0.15) is 0 Å². The van der Waals surface area contributed by atoms with E-state index in [1.165, 1.54) is 0 Å². The number of amides is 1. The minimum absolute atomic E-state index is 0.178. The average molecular weight is 315 g/mol. The third-order valence-electron chi connectivity index (χ3n) is 4.26. The molecule has 0 aliphatic heterocycles. The molecule has 0 bridgehead atoms. The number of aryl methyl sites for hydroxylation is 2. The molecule has 1 amide bonds. The van der Waals surface area contributed by atoms with Crippen molar-refractivity contribution < 1.29 is 14.3 Å². The van der Waals surface area contributed by atoms with Crippen molar-refractivity contribution in [3.63, 3.8) is 0 Å². The Morgan fingerprint density at radius 2 is 2.26 bits per heavy atom. The van der Waals surface area contributed by atoms with E-state index in [0.717, 1.165) is 5.69 Å². The van der Waals surface area contributed by atoms with Crippen molar-refractivity contribution >= 4 is 5.91 Å². The molecule has 1 aliphatic carbocycles. The smallest absolute Gasteiger partial charge is 0.289 e. The summed E-state index contributed by atoms with van der Waals surface area (Å²) in [4.78, 5) is 21.2. The number of aromatic nitrogens is 2. The van der Waals surface area contributed by atoms with Crippen LogP contribution in [0.2, 0.25) is 0 Å². The van der Waals surface area contributed by atoms with E-state index < -0.39 is 0 Å². The van der Waals surface area contributed by atoms with Gasteiger partial charge in [-0.2, -0.15) is 0 Å². The van der Waals surface area contributed by atoms with Crippen LogP contribution in [0.4, 0.5) is 0 Å². The van der Waals surface area contributed by atoms with E-state index >= 15 is 0 Å². The van der Waals surface area contributed by atoms with Crippen molar-refractivity contribution in [1.29, 1.82) is 0 Å². The molecular weight excluding hydrogens is 294 g/mol. The Bertz CT molecular complexity index is 678. The van der Waals surface area contributed by atoms with Crippen LogP contribution < -0.4 is 5.32 Å². The third kappa shape index (κ3) is 3.27. The number of pyridine rings is 1. The van der Waals surface area contributed by atoms with Crippen LogP contribution >= 0.6 is 0 Å². The highest BCUT2D eigenvalue weighted by Crippen LogP contribution is 2.37. The van der Waals surface area contributed by atoms with Crippen LogP contribution in [-0.2, 0) is 6.42 Å². The molecule has 3 rings (SSSR count). The fraction of sp³-hybridized carbons (Fsp3) is 0.471.